The number of aryl methyl sites for hydroxylation is 1. The molecular weight excluding hydrogens is 246 g/mol. The molecule has 0 unspecified atom stereocenters. The summed E-state index contributed by atoms with van der Waals surface area (Å²) >= 11 is 0. The Kier molecular flexibility index (Phi) is 3.17. The quantitative estimate of drug-likeness (QED) is 0.691. The summed E-state index contributed by atoms with van der Waals surface area (Å²) in [6, 6.07) is 19.7. The van der Waals surface area contributed by atoms with E-state index >= 15 is 0 Å². The van der Waals surface area contributed by atoms with Crippen molar-refractivity contribution in [2.75, 3.05) is 5.73 Å². The molecule has 0 aromatic heterocycles. The van der Waals surface area contributed by atoms with Crippen molar-refractivity contribution in [3.8, 4) is 0 Å². The van der Waals surface area contributed by atoms with E-state index in [0.29, 0.717) is 5.69 Å². The maximum Gasteiger partial charge on any atom is 0.105 e. The Bertz CT molecular complexity index is 747. The van der Waals surface area contributed by atoms with Crippen molar-refractivity contribution in [1.82, 2.24) is 0 Å². The molecule has 2 heteroatoms. The van der Waals surface area contributed by atoms with Crippen molar-refractivity contribution in [2.24, 2.45) is 0 Å². The summed E-state index contributed by atoms with van der Waals surface area (Å²) in [6.07, 6.45) is -0.637. The third-order valence-electron chi connectivity index (χ3n) is 3.71. The van der Waals surface area contributed by atoms with E-state index in [1.807, 2.05) is 43.3 Å². The minimum atomic E-state index is -0.637. The van der Waals surface area contributed by atoms with E-state index in [0.717, 1.165) is 27.5 Å². The minimum absolute atomic E-state index is 0.637. The Hall–Kier alpha value is -2.32. The van der Waals surface area contributed by atoms with Crippen LogP contribution in [0.25, 0.3) is 10.8 Å². The number of anilines is 1. The summed E-state index contributed by atoms with van der Waals surface area (Å²) in [7, 11) is 0. The fourth-order valence-electron chi connectivity index (χ4n) is 2.61. The van der Waals surface area contributed by atoms with Crippen LogP contribution in [0.15, 0.2) is 60.7 Å². The van der Waals surface area contributed by atoms with Crippen LogP contribution in [0.2, 0.25) is 0 Å². The van der Waals surface area contributed by atoms with Crippen LogP contribution in [0.3, 0.4) is 0 Å². The maximum atomic E-state index is 10.7. The van der Waals surface area contributed by atoms with Crippen LogP contribution in [-0.2, 0) is 0 Å². The predicted octanol–water partition coefficient (Wildman–Crippen LogP) is 3.81. The summed E-state index contributed by atoms with van der Waals surface area (Å²) in [5.41, 5.74) is 9.32. The van der Waals surface area contributed by atoms with Crippen molar-refractivity contribution in [1.29, 1.82) is 0 Å². The van der Waals surface area contributed by atoms with E-state index < -0.39 is 6.10 Å². The second-order valence-electron chi connectivity index (χ2n) is 5.09. The molecule has 100 valence electrons. The van der Waals surface area contributed by atoms with Gasteiger partial charge >= 0.3 is 0 Å². The summed E-state index contributed by atoms with van der Waals surface area (Å²) in [5, 5.41) is 13.0. The van der Waals surface area contributed by atoms with Gasteiger partial charge in [0.05, 0.1) is 0 Å². The first-order chi connectivity index (χ1) is 9.66. The number of nitrogens with two attached hydrogens (primary N) is 1. The first-order valence-corrected chi connectivity index (χ1v) is 6.68. The molecule has 0 heterocycles. The van der Waals surface area contributed by atoms with Gasteiger partial charge in [0.1, 0.15) is 6.10 Å². The number of hydrogen-bond acceptors (Lipinski definition) is 2. The predicted molar refractivity (Wildman–Crippen MR) is 83.6 cm³/mol. The molecule has 0 aliphatic carbocycles. The molecule has 3 N–H and O–H groups in total. The topological polar surface area (TPSA) is 46.2 Å². The number of hydrogen-bond donors (Lipinski definition) is 2. The average Bonchev–Trinajstić information content (AvgIpc) is 2.47. The molecule has 0 bridgehead atoms. The Morgan fingerprint density at radius 1 is 0.900 bits per heavy atom. The molecule has 0 saturated heterocycles. The lowest BCUT2D eigenvalue weighted by Gasteiger charge is -2.17. The van der Waals surface area contributed by atoms with Gasteiger partial charge in [-0.25, -0.2) is 0 Å². The first kappa shape index (κ1) is 12.7. The van der Waals surface area contributed by atoms with Crippen molar-refractivity contribution >= 4 is 16.5 Å². The molecule has 0 saturated carbocycles. The second-order valence-corrected chi connectivity index (χ2v) is 5.09. The van der Waals surface area contributed by atoms with Crippen LogP contribution in [0.1, 0.15) is 22.8 Å². The van der Waals surface area contributed by atoms with Gasteiger partial charge in [-0.3, -0.25) is 0 Å². The highest BCUT2D eigenvalue weighted by atomic mass is 16.3. The zero-order chi connectivity index (χ0) is 14.1. The fourth-order valence-corrected chi connectivity index (χ4v) is 2.61. The molecule has 0 aliphatic rings. The SMILES string of the molecule is Cc1ccc2ccccc2c1[C@@H](O)c1ccc(N)cc1. The van der Waals surface area contributed by atoms with Crippen LogP contribution in [0, 0.1) is 6.92 Å². The van der Waals surface area contributed by atoms with Gasteiger partial charge in [-0.05, 0) is 46.5 Å². The largest absolute Gasteiger partial charge is 0.399 e. The molecule has 3 aromatic rings. The zero-order valence-electron chi connectivity index (χ0n) is 11.4. The van der Waals surface area contributed by atoms with Gasteiger partial charge in [-0.1, -0.05) is 48.5 Å². The van der Waals surface area contributed by atoms with Crippen LogP contribution in [-0.4, -0.2) is 5.11 Å². The van der Waals surface area contributed by atoms with Crippen molar-refractivity contribution < 1.29 is 5.11 Å². The molecule has 0 aliphatic heterocycles. The normalized spacial score (nSPS) is 12.5. The number of nitrogen functional groups attached to an aromatic ring is 1. The van der Waals surface area contributed by atoms with Gasteiger partial charge in [0.25, 0.3) is 0 Å². The van der Waals surface area contributed by atoms with E-state index in [1.165, 1.54) is 0 Å². The van der Waals surface area contributed by atoms with Crippen molar-refractivity contribution in [3.63, 3.8) is 0 Å². The van der Waals surface area contributed by atoms with E-state index in [2.05, 4.69) is 24.3 Å². The summed E-state index contributed by atoms with van der Waals surface area (Å²) in [6.45, 7) is 2.03. The molecule has 20 heavy (non-hydrogen) atoms. The fraction of sp³-hybridized carbons (Fsp3) is 0.111. The van der Waals surface area contributed by atoms with E-state index in [1.54, 1.807) is 0 Å². The van der Waals surface area contributed by atoms with Crippen molar-refractivity contribution in [2.45, 2.75) is 13.0 Å². The lowest BCUT2D eigenvalue weighted by Crippen LogP contribution is -2.03. The average molecular weight is 263 g/mol. The standard InChI is InChI=1S/C18H17NO/c1-12-6-7-13-4-2-3-5-16(13)17(12)18(20)14-8-10-15(19)11-9-14/h2-11,18,20H,19H2,1H3/t18-/m0/s1. The molecule has 3 rings (SSSR count). The van der Waals surface area contributed by atoms with Gasteiger partial charge in [0.2, 0.25) is 0 Å². The highest BCUT2D eigenvalue weighted by Gasteiger charge is 2.15. The lowest BCUT2D eigenvalue weighted by atomic mass is 9.92. The molecule has 0 amide bonds. The highest BCUT2D eigenvalue weighted by Crippen LogP contribution is 2.31. The van der Waals surface area contributed by atoms with Crippen LogP contribution in [0.5, 0.6) is 0 Å². The lowest BCUT2D eigenvalue weighted by molar-refractivity contribution is 0.221. The van der Waals surface area contributed by atoms with E-state index in [9.17, 15) is 5.11 Å². The third kappa shape index (κ3) is 2.15. The Morgan fingerprint density at radius 3 is 2.35 bits per heavy atom. The maximum absolute atomic E-state index is 10.7. The van der Waals surface area contributed by atoms with E-state index in [-0.39, 0.29) is 0 Å². The number of aliphatic hydroxyl groups excluding tert-OH is 1. The number of benzene rings is 3. The molecular formula is C18H17NO. The van der Waals surface area contributed by atoms with Gasteiger partial charge in [-0.2, -0.15) is 0 Å². The molecule has 2 nitrogen and oxygen atoms in total. The number of fused-ring (bicyclic) bond motifs is 1. The van der Waals surface area contributed by atoms with Crippen LogP contribution >= 0.6 is 0 Å². The first-order valence-electron chi connectivity index (χ1n) is 6.68. The molecule has 0 spiro atoms. The Morgan fingerprint density at radius 2 is 1.60 bits per heavy atom. The third-order valence-corrected chi connectivity index (χ3v) is 3.71. The van der Waals surface area contributed by atoms with Crippen molar-refractivity contribution in [3.05, 3.63) is 77.4 Å². The smallest absolute Gasteiger partial charge is 0.105 e. The van der Waals surface area contributed by atoms with Gasteiger partial charge in [0, 0.05) is 5.69 Å². The molecule has 0 fully saturated rings. The Balaban J connectivity index is 2.18. The molecule has 0 radical (unpaired) electrons. The molecule has 1 atom stereocenters. The van der Waals surface area contributed by atoms with Gasteiger partial charge < -0.3 is 10.8 Å². The summed E-state index contributed by atoms with van der Waals surface area (Å²) in [4.78, 5) is 0. The molecule has 3 aromatic carbocycles. The monoisotopic (exact) mass is 263 g/mol. The summed E-state index contributed by atoms with van der Waals surface area (Å²) < 4.78 is 0. The number of aliphatic hydroxyl groups is 1. The highest BCUT2D eigenvalue weighted by molar-refractivity contribution is 5.87. The minimum Gasteiger partial charge on any atom is -0.399 e. The zero-order valence-corrected chi connectivity index (χ0v) is 11.4. The second kappa shape index (κ2) is 4.99. The Labute approximate surface area is 118 Å². The van der Waals surface area contributed by atoms with E-state index in [4.69, 9.17) is 5.73 Å². The van der Waals surface area contributed by atoms with Crippen LogP contribution < -0.4 is 5.73 Å². The summed E-state index contributed by atoms with van der Waals surface area (Å²) in [5.74, 6) is 0. The number of rotatable bonds is 2. The van der Waals surface area contributed by atoms with Gasteiger partial charge in [-0.15, -0.1) is 0 Å². The van der Waals surface area contributed by atoms with Crippen LogP contribution in [0.4, 0.5) is 5.69 Å². The van der Waals surface area contributed by atoms with Gasteiger partial charge in [0.15, 0.2) is 0 Å².